The Morgan fingerprint density at radius 1 is 0.793 bits per heavy atom. The number of nitrogens with one attached hydrogen (secondary N) is 2. The molecule has 6 heteroatoms. The quantitative estimate of drug-likeness (QED) is 0.714. The summed E-state index contributed by atoms with van der Waals surface area (Å²) in [5, 5.41) is 5.71. The minimum absolute atomic E-state index is 0.267. The summed E-state index contributed by atoms with van der Waals surface area (Å²) in [6.07, 6.45) is 0.941. The normalized spacial score (nSPS) is 15.7. The molecule has 0 saturated carbocycles. The van der Waals surface area contributed by atoms with E-state index < -0.39 is 0 Å². The molecule has 0 atom stereocenters. The van der Waals surface area contributed by atoms with Gasteiger partial charge in [-0.25, -0.2) is 0 Å². The van der Waals surface area contributed by atoms with Crippen molar-refractivity contribution in [2.75, 3.05) is 27.2 Å². The van der Waals surface area contributed by atoms with Gasteiger partial charge in [0.25, 0.3) is 11.8 Å². The van der Waals surface area contributed by atoms with Gasteiger partial charge in [-0.05, 0) is 55.9 Å². The van der Waals surface area contributed by atoms with E-state index in [0.29, 0.717) is 29.1 Å². The number of carbonyl (C=O) groups is 2. The van der Waals surface area contributed by atoms with Gasteiger partial charge in [0.15, 0.2) is 0 Å². The van der Waals surface area contributed by atoms with Crippen LogP contribution in [0.15, 0.2) is 65.7 Å². The number of amides is 2. The van der Waals surface area contributed by atoms with E-state index in [0.717, 1.165) is 29.8 Å². The first-order valence-corrected chi connectivity index (χ1v) is 9.59. The van der Waals surface area contributed by atoms with Crippen LogP contribution in [0.5, 0.6) is 5.75 Å². The summed E-state index contributed by atoms with van der Waals surface area (Å²) in [5.74, 6) is 0.228. The molecule has 0 aliphatic carbocycles. The third-order valence-corrected chi connectivity index (χ3v) is 4.91. The van der Waals surface area contributed by atoms with E-state index in [1.54, 1.807) is 0 Å². The summed E-state index contributed by atoms with van der Waals surface area (Å²) < 4.78 is 5.76. The fourth-order valence-corrected chi connectivity index (χ4v) is 3.51. The predicted octanol–water partition coefficient (Wildman–Crippen LogP) is 2.40. The van der Waals surface area contributed by atoms with E-state index in [9.17, 15) is 9.59 Å². The minimum Gasteiger partial charge on any atom is -0.494 e. The van der Waals surface area contributed by atoms with Crippen LogP contribution in [0, 0.1) is 0 Å². The molecule has 2 aliphatic rings. The minimum atomic E-state index is -0.267. The van der Waals surface area contributed by atoms with Gasteiger partial charge in [0, 0.05) is 6.54 Å². The average Bonchev–Trinajstić information content (AvgIpc) is 3.25. The molecule has 29 heavy (non-hydrogen) atoms. The van der Waals surface area contributed by atoms with E-state index in [-0.39, 0.29) is 11.8 Å². The van der Waals surface area contributed by atoms with Gasteiger partial charge in [0.2, 0.25) is 0 Å². The van der Waals surface area contributed by atoms with Crippen molar-refractivity contribution >= 4 is 23.2 Å². The summed E-state index contributed by atoms with van der Waals surface area (Å²) in [4.78, 5) is 27.4. The van der Waals surface area contributed by atoms with Crippen LogP contribution >= 0.6 is 0 Å². The highest BCUT2D eigenvalue weighted by Crippen LogP contribution is 2.37. The third-order valence-electron chi connectivity index (χ3n) is 4.91. The number of ether oxygens (including phenoxy) is 1. The molecule has 2 aromatic rings. The molecule has 6 nitrogen and oxygen atoms in total. The maximum atomic E-state index is 12.6. The number of hydrogen-bond donors (Lipinski definition) is 2. The number of hydrogen-bond acceptors (Lipinski definition) is 4. The first-order chi connectivity index (χ1) is 14.0. The first kappa shape index (κ1) is 19.0. The van der Waals surface area contributed by atoms with Crippen LogP contribution in [0.4, 0.5) is 0 Å². The van der Waals surface area contributed by atoms with E-state index in [1.807, 2.05) is 68.7 Å². The zero-order chi connectivity index (χ0) is 20.4. The Hall–Kier alpha value is -3.38. The zero-order valence-electron chi connectivity index (χ0n) is 16.5. The van der Waals surface area contributed by atoms with E-state index in [2.05, 4.69) is 15.5 Å². The molecular weight excluding hydrogens is 366 g/mol. The molecule has 148 valence electrons. The Balaban J connectivity index is 1.58. The number of rotatable bonds is 7. The second-order valence-electron chi connectivity index (χ2n) is 7.30. The molecule has 2 aromatic carbocycles. The Labute approximate surface area is 169 Å². The lowest BCUT2D eigenvalue weighted by molar-refractivity contribution is -0.117. The molecule has 2 N–H and O–H groups in total. The fraction of sp³-hybridized carbons (Fsp3) is 0.217. The molecule has 4 rings (SSSR count). The molecular formula is C23H23N3O3. The van der Waals surface area contributed by atoms with Crippen LogP contribution < -0.4 is 15.4 Å². The van der Waals surface area contributed by atoms with Crippen LogP contribution in [0.25, 0.3) is 11.4 Å². The molecule has 2 amide bonds. The number of benzene rings is 2. The van der Waals surface area contributed by atoms with Crippen LogP contribution in [0.2, 0.25) is 0 Å². The second kappa shape index (κ2) is 7.93. The molecule has 2 aliphatic heterocycles. The second-order valence-corrected chi connectivity index (χ2v) is 7.30. The number of nitrogens with zero attached hydrogens (tertiary/aromatic N) is 1. The highest BCUT2D eigenvalue weighted by Gasteiger charge is 2.40. The van der Waals surface area contributed by atoms with Gasteiger partial charge in [-0.1, -0.05) is 30.3 Å². The van der Waals surface area contributed by atoms with Crippen molar-refractivity contribution in [1.29, 1.82) is 0 Å². The topological polar surface area (TPSA) is 70.7 Å². The predicted molar refractivity (Wildman–Crippen MR) is 112 cm³/mol. The lowest BCUT2D eigenvalue weighted by Gasteiger charge is -2.11. The van der Waals surface area contributed by atoms with Gasteiger partial charge in [0.05, 0.1) is 29.1 Å². The molecule has 0 radical (unpaired) electrons. The van der Waals surface area contributed by atoms with Gasteiger partial charge in [-0.15, -0.1) is 0 Å². The lowest BCUT2D eigenvalue weighted by Crippen LogP contribution is -2.21. The molecule has 0 aromatic heterocycles. The number of carbonyl (C=O) groups excluding carboxylic acids is 2. The Kier molecular flexibility index (Phi) is 5.18. The van der Waals surface area contributed by atoms with Crippen molar-refractivity contribution in [2.24, 2.45) is 0 Å². The van der Waals surface area contributed by atoms with Gasteiger partial charge in [-0.3, -0.25) is 9.59 Å². The summed E-state index contributed by atoms with van der Waals surface area (Å²) in [6, 6.07) is 16.8. The average molecular weight is 389 g/mol. The molecule has 0 fully saturated rings. The molecule has 0 unspecified atom stereocenters. The van der Waals surface area contributed by atoms with E-state index in [1.165, 1.54) is 0 Å². The van der Waals surface area contributed by atoms with Crippen molar-refractivity contribution in [2.45, 2.75) is 6.42 Å². The smallest absolute Gasteiger partial charge is 0.258 e. The summed E-state index contributed by atoms with van der Waals surface area (Å²) in [5.41, 5.74) is 3.47. The fourth-order valence-electron chi connectivity index (χ4n) is 3.51. The monoisotopic (exact) mass is 389 g/mol. The first-order valence-electron chi connectivity index (χ1n) is 9.59. The van der Waals surface area contributed by atoms with Crippen LogP contribution in [-0.2, 0) is 9.59 Å². The molecule has 0 bridgehead atoms. The third kappa shape index (κ3) is 3.79. The standard InChI is InChI=1S/C23H23N3O3/c1-26(2)13-6-14-29-17-11-9-16(10-12-17)21-19-18(22(27)25-21)20(24-23(19)28)15-7-4-3-5-8-15/h3-5,7-12H,6,13-14H2,1-2H3,(H,24,28)(H,25,27). The van der Waals surface area contributed by atoms with Gasteiger partial charge < -0.3 is 20.3 Å². The van der Waals surface area contributed by atoms with E-state index >= 15 is 0 Å². The van der Waals surface area contributed by atoms with Crippen LogP contribution in [0.3, 0.4) is 0 Å². The van der Waals surface area contributed by atoms with Crippen molar-refractivity contribution in [1.82, 2.24) is 15.5 Å². The maximum Gasteiger partial charge on any atom is 0.258 e. The molecule has 2 heterocycles. The molecule has 0 spiro atoms. The van der Waals surface area contributed by atoms with Gasteiger partial charge >= 0.3 is 0 Å². The summed E-state index contributed by atoms with van der Waals surface area (Å²) in [7, 11) is 4.06. The van der Waals surface area contributed by atoms with Crippen molar-refractivity contribution in [3.8, 4) is 5.75 Å². The van der Waals surface area contributed by atoms with Gasteiger partial charge in [0.1, 0.15) is 5.75 Å². The Bertz CT molecular complexity index is 1010. The highest BCUT2D eigenvalue weighted by molar-refractivity contribution is 6.30. The maximum absolute atomic E-state index is 12.6. The highest BCUT2D eigenvalue weighted by atomic mass is 16.5. The molecule has 0 saturated heterocycles. The van der Waals surface area contributed by atoms with Gasteiger partial charge in [-0.2, -0.15) is 0 Å². The summed E-state index contributed by atoms with van der Waals surface area (Å²) in [6.45, 7) is 1.60. The SMILES string of the molecule is CN(C)CCCOc1ccc(C2=C3C(=O)NC(c4ccccc4)=C3C(=O)N2)cc1. The largest absolute Gasteiger partial charge is 0.494 e. The summed E-state index contributed by atoms with van der Waals surface area (Å²) >= 11 is 0. The van der Waals surface area contributed by atoms with Crippen LogP contribution in [-0.4, -0.2) is 44.0 Å². The van der Waals surface area contributed by atoms with Crippen molar-refractivity contribution in [3.63, 3.8) is 0 Å². The van der Waals surface area contributed by atoms with E-state index in [4.69, 9.17) is 4.74 Å². The Morgan fingerprint density at radius 3 is 1.90 bits per heavy atom. The lowest BCUT2D eigenvalue weighted by atomic mass is 10.0. The van der Waals surface area contributed by atoms with Crippen LogP contribution in [0.1, 0.15) is 17.5 Å². The van der Waals surface area contributed by atoms with Crippen molar-refractivity contribution in [3.05, 3.63) is 76.9 Å². The number of fused-ring (bicyclic) bond motifs is 1. The zero-order valence-corrected chi connectivity index (χ0v) is 16.5. The Morgan fingerprint density at radius 2 is 1.34 bits per heavy atom. The van der Waals surface area contributed by atoms with Crippen molar-refractivity contribution < 1.29 is 14.3 Å².